The first-order valence-electron chi connectivity index (χ1n) is 7.46. The topological polar surface area (TPSA) is 49.0 Å². The highest BCUT2D eigenvalue weighted by molar-refractivity contribution is 9.10. The van der Waals surface area contributed by atoms with Crippen molar-refractivity contribution in [1.82, 2.24) is 15.1 Å². The summed E-state index contributed by atoms with van der Waals surface area (Å²) in [4.78, 5) is 14.4. The van der Waals surface area contributed by atoms with Crippen LogP contribution in [-0.4, -0.2) is 27.5 Å². The zero-order valence-corrected chi connectivity index (χ0v) is 15.1. The number of rotatable bonds is 5. The van der Waals surface area contributed by atoms with Gasteiger partial charge in [-0.3, -0.25) is 9.89 Å². The standard InChI is InChI=1S/C18H20BrN3O/c1-5-10-22(11-14-8-6-13(4)7-9-14)18(23)17-15(19)16(12(2)3)20-21-17/h1,6-9,12H,10-11H2,2-4H3,(H,20,21). The summed E-state index contributed by atoms with van der Waals surface area (Å²) in [5.41, 5.74) is 3.50. The minimum Gasteiger partial charge on any atom is -0.322 e. The first kappa shape index (κ1) is 17.3. The van der Waals surface area contributed by atoms with E-state index in [2.05, 4.69) is 32.0 Å². The summed E-state index contributed by atoms with van der Waals surface area (Å²) in [6.07, 6.45) is 5.43. The molecule has 0 unspecified atom stereocenters. The maximum Gasteiger partial charge on any atom is 0.276 e. The van der Waals surface area contributed by atoms with Crippen LogP contribution in [-0.2, 0) is 6.54 Å². The maximum atomic E-state index is 12.8. The van der Waals surface area contributed by atoms with Gasteiger partial charge in [0.1, 0.15) is 0 Å². The molecule has 0 spiro atoms. The largest absolute Gasteiger partial charge is 0.322 e. The van der Waals surface area contributed by atoms with Gasteiger partial charge in [0, 0.05) is 6.54 Å². The maximum absolute atomic E-state index is 12.8. The van der Waals surface area contributed by atoms with E-state index in [0.717, 1.165) is 11.3 Å². The summed E-state index contributed by atoms with van der Waals surface area (Å²) in [5.74, 6) is 2.62. The third kappa shape index (κ3) is 4.02. The predicted octanol–water partition coefficient (Wildman–Crippen LogP) is 3.88. The Bertz CT molecular complexity index is 726. The predicted molar refractivity (Wildman–Crippen MR) is 95.1 cm³/mol. The Balaban J connectivity index is 2.25. The molecule has 0 atom stereocenters. The van der Waals surface area contributed by atoms with Gasteiger partial charge in [0.05, 0.1) is 16.7 Å². The van der Waals surface area contributed by atoms with Gasteiger partial charge in [-0.05, 0) is 34.3 Å². The first-order chi connectivity index (χ1) is 10.9. The number of aromatic nitrogens is 2. The van der Waals surface area contributed by atoms with Gasteiger partial charge in [-0.15, -0.1) is 6.42 Å². The molecule has 0 fully saturated rings. The van der Waals surface area contributed by atoms with E-state index >= 15 is 0 Å². The fraction of sp³-hybridized carbons (Fsp3) is 0.333. The number of halogens is 1. The van der Waals surface area contributed by atoms with E-state index in [4.69, 9.17) is 6.42 Å². The molecule has 0 saturated heterocycles. The quantitative estimate of drug-likeness (QED) is 0.808. The lowest BCUT2D eigenvalue weighted by molar-refractivity contribution is 0.0759. The Hall–Kier alpha value is -2.06. The van der Waals surface area contributed by atoms with Crippen LogP contribution < -0.4 is 0 Å². The molecule has 2 aromatic rings. The smallest absolute Gasteiger partial charge is 0.276 e. The molecule has 0 aliphatic rings. The van der Waals surface area contributed by atoms with Crippen molar-refractivity contribution < 1.29 is 4.79 Å². The van der Waals surface area contributed by atoms with Gasteiger partial charge >= 0.3 is 0 Å². The fourth-order valence-electron chi connectivity index (χ4n) is 2.24. The van der Waals surface area contributed by atoms with Crippen LogP contribution >= 0.6 is 15.9 Å². The molecule has 1 amide bonds. The summed E-state index contributed by atoms with van der Waals surface area (Å²) in [6, 6.07) is 8.06. The van der Waals surface area contributed by atoms with E-state index < -0.39 is 0 Å². The average molecular weight is 374 g/mol. The second kappa shape index (κ2) is 7.47. The number of hydrogen-bond donors (Lipinski definition) is 1. The van der Waals surface area contributed by atoms with Crippen molar-refractivity contribution in [3.8, 4) is 12.3 Å². The van der Waals surface area contributed by atoms with Crippen LogP contribution in [0.25, 0.3) is 0 Å². The van der Waals surface area contributed by atoms with Crippen molar-refractivity contribution >= 4 is 21.8 Å². The molecule has 0 radical (unpaired) electrons. The molecule has 0 aliphatic heterocycles. The number of aromatic amines is 1. The number of carbonyl (C=O) groups is 1. The van der Waals surface area contributed by atoms with Crippen molar-refractivity contribution in [2.75, 3.05) is 6.54 Å². The third-order valence-electron chi connectivity index (χ3n) is 3.58. The lowest BCUT2D eigenvalue weighted by Gasteiger charge is -2.19. The number of nitrogens with zero attached hydrogens (tertiary/aromatic N) is 2. The van der Waals surface area contributed by atoms with E-state index in [1.807, 2.05) is 45.0 Å². The van der Waals surface area contributed by atoms with Crippen LogP contribution in [0.15, 0.2) is 28.7 Å². The molecule has 4 nitrogen and oxygen atoms in total. The Morgan fingerprint density at radius 3 is 2.57 bits per heavy atom. The molecule has 1 aromatic heterocycles. The van der Waals surface area contributed by atoms with Gasteiger partial charge in [0.15, 0.2) is 5.69 Å². The molecule has 1 N–H and O–H groups in total. The molecule has 5 heteroatoms. The van der Waals surface area contributed by atoms with Crippen LogP contribution in [0, 0.1) is 19.3 Å². The van der Waals surface area contributed by atoms with Gasteiger partial charge in [0.2, 0.25) is 0 Å². The van der Waals surface area contributed by atoms with Crippen molar-refractivity contribution in [2.24, 2.45) is 0 Å². The van der Waals surface area contributed by atoms with Gasteiger partial charge in [-0.1, -0.05) is 49.6 Å². The van der Waals surface area contributed by atoms with E-state index in [-0.39, 0.29) is 18.4 Å². The summed E-state index contributed by atoms with van der Waals surface area (Å²) < 4.78 is 0.712. The Labute approximate surface area is 145 Å². The molecule has 120 valence electrons. The van der Waals surface area contributed by atoms with Crippen LogP contribution in [0.4, 0.5) is 0 Å². The number of H-pyrrole nitrogens is 1. The van der Waals surface area contributed by atoms with Crippen LogP contribution in [0.2, 0.25) is 0 Å². The summed E-state index contributed by atoms with van der Waals surface area (Å²) in [5, 5.41) is 7.09. The van der Waals surface area contributed by atoms with Crippen molar-refractivity contribution in [1.29, 1.82) is 0 Å². The molecule has 0 bridgehead atoms. The van der Waals surface area contributed by atoms with Crippen LogP contribution in [0.3, 0.4) is 0 Å². The fourth-order valence-corrected chi connectivity index (χ4v) is 3.04. The molecule has 1 aromatic carbocycles. The summed E-state index contributed by atoms with van der Waals surface area (Å²) in [7, 11) is 0. The Morgan fingerprint density at radius 2 is 2.04 bits per heavy atom. The molecular formula is C18H20BrN3O. The molecule has 1 heterocycles. The van der Waals surface area contributed by atoms with Gasteiger partial charge in [0.25, 0.3) is 5.91 Å². The van der Waals surface area contributed by atoms with Gasteiger partial charge in [-0.25, -0.2) is 0 Å². The first-order valence-corrected chi connectivity index (χ1v) is 8.25. The van der Waals surface area contributed by atoms with Crippen molar-refractivity contribution in [3.05, 3.63) is 51.3 Å². The SMILES string of the molecule is C#CCN(Cc1ccc(C)cc1)C(=O)c1n[nH]c(C(C)C)c1Br. The van der Waals surface area contributed by atoms with E-state index in [0.29, 0.717) is 16.7 Å². The van der Waals surface area contributed by atoms with E-state index in [9.17, 15) is 4.79 Å². The zero-order chi connectivity index (χ0) is 17.0. The van der Waals surface area contributed by atoms with E-state index in [1.54, 1.807) is 4.90 Å². The monoisotopic (exact) mass is 373 g/mol. The van der Waals surface area contributed by atoms with Crippen molar-refractivity contribution in [3.63, 3.8) is 0 Å². The summed E-state index contributed by atoms with van der Waals surface area (Å²) >= 11 is 3.47. The number of aryl methyl sites for hydroxylation is 1. The molecule has 2 rings (SSSR count). The number of hydrogen-bond acceptors (Lipinski definition) is 2. The second-order valence-electron chi connectivity index (χ2n) is 5.81. The third-order valence-corrected chi connectivity index (χ3v) is 4.38. The number of benzene rings is 1. The Kier molecular flexibility index (Phi) is 5.62. The van der Waals surface area contributed by atoms with Crippen molar-refractivity contribution in [2.45, 2.75) is 33.2 Å². The summed E-state index contributed by atoms with van der Waals surface area (Å²) in [6.45, 7) is 6.81. The number of carbonyl (C=O) groups excluding carboxylic acids is 1. The lowest BCUT2D eigenvalue weighted by atomic mass is 10.1. The Morgan fingerprint density at radius 1 is 1.39 bits per heavy atom. The number of terminal acetylenes is 1. The van der Waals surface area contributed by atoms with Gasteiger partial charge in [-0.2, -0.15) is 5.10 Å². The molecule has 23 heavy (non-hydrogen) atoms. The minimum absolute atomic E-state index is 0.182. The number of nitrogens with one attached hydrogen (secondary N) is 1. The zero-order valence-electron chi connectivity index (χ0n) is 13.6. The number of amides is 1. The second-order valence-corrected chi connectivity index (χ2v) is 6.60. The minimum atomic E-state index is -0.182. The van der Waals surface area contributed by atoms with Crippen LogP contribution in [0.5, 0.6) is 0 Å². The molecule has 0 aliphatic carbocycles. The highest BCUT2D eigenvalue weighted by Gasteiger charge is 2.23. The highest BCUT2D eigenvalue weighted by Crippen LogP contribution is 2.26. The molecule has 0 saturated carbocycles. The average Bonchev–Trinajstić information content (AvgIpc) is 2.90. The highest BCUT2D eigenvalue weighted by atomic mass is 79.9. The molecular weight excluding hydrogens is 354 g/mol. The van der Waals surface area contributed by atoms with Crippen LogP contribution in [0.1, 0.15) is 47.1 Å². The van der Waals surface area contributed by atoms with Gasteiger partial charge < -0.3 is 4.90 Å². The normalized spacial score (nSPS) is 10.6. The van der Waals surface area contributed by atoms with E-state index in [1.165, 1.54) is 5.56 Å². The lowest BCUT2D eigenvalue weighted by Crippen LogP contribution is -2.31.